The van der Waals surface area contributed by atoms with E-state index in [2.05, 4.69) is 62.5 Å². The van der Waals surface area contributed by atoms with Crippen molar-refractivity contribution in [3.05, 3.63) is 48.6 Å². The van der Waals surface area contributed by atoms with Crippen LogP contribution < -0.4 is 0 Å². The van der Waals surface area contributed by atoms with E-state index in [-0.39, 0.29) is 32.0 Å². The molecule has 0 aromatic heterocycles. The summed E-state index contributed by atoms with van der Waals surface area (Å²) < 4.78 is 32.6. The van der Waals surface area contributed by atoms with E-state index in [9.17, 15) is 19.0 Å². The molecular weight excluding hydrogens is 687 g/mol. The van der Waals surface area contributed by atoms with E-state index in [1.807, 2.05) is 0 Å². The lowest BCUT2D eigenvalue weighted by molar-refractivity contribution is -0.161. The van der Waals surface area contributed by atoms with Crippen LogP contribution in [0.15, 0.2) is 48.6 Å². The maximum Gasteiger partial charge on any atom is 0.472 e. The fourth-order valence-electron chi connectivity index (χ4n) is 5.69. The third-order valence-corrected chi connectivity index (χ3v) is 9.92. The Bertz CT molecular complexity index is 1010. The van der Waals surface area contributed by atoms with Gasteiger partial charge in [-0.05, 0) is 84.0 Å². The molecule has 0 heterocycles. The van der Waals surface area contributed by atoms with Gasteiger partial charge < -0.3 is 14.4 Å². The maximum absolute atomic E-state index is 12.5. The fourth-order valence-corrected chi connectivity index (χ4v) is 6.44. The second kappa shape index (κ2) is 39.7. The van der Waals surface area contributed by atoms with Crippen molar-refractivity contribution in [2.24, 2.45) is 0 Å². The van der Waals surface area contributed by atoms with Crippen molar-refractivity contribution >= 4 is 19.8 Å². The number of hydrogen-bond acceptors (Lipinski definition) is 7. The van der Waals surface area contributed by atoms with Crippen molar-refractivity contribution in [1.29, 1.82) is 0 Å². The molecule has 0 aliphatic heterocycles. The molecule has 0 aliphatic rings. The first-order valence-electron chi connectivity index (χ1n) is 21.4. The Labute approximate surface area is 325 Å². The van der Waals surface area contributed by atoms with E-state index < -0.39 is 26.5 Å². The number of phosphoric ester groups is 1. The monoisotopic (exact) mass is 767 g/mol. The van der Waals surface area contributed by atoms with Crippen LogP contribution in [-0.4, -0.2) is 42.8 Å². The van der Waals surface area contributed by atoms with Crippen LogP contribution in [0.1, 0.15) is 194 Å². The second-order valence-corrected chi connectivity index (χ2v) is 15.5. The second-order valence-electron chi connectivity index (χ2n) is 14.0. The van der Waals surface area contributed by atoms with Crippen molar-refractivity contribution < 1.29 is 37.6 Å². The van der Waals surface area contributed by atoms with Crippen LogP contribution in [0.3, 0.4) is 0 Å². The van der Waals surface area contributed by atoms with Crippen LogP contribution in [0, 0.1) is 0 Å². The third kappa shape index (κ3) is 39.5. The number of hydrogen-bond donors (Lipinski definition) is 1. The topological polar surface area (TPSA) is 108 Å². The Hall–Kier alpha value is -1.99. The first kappa shape index (κ1) is 51.0. The lowest BCUT2D eigenvalue weighted by Gasteiger charge is -2.19. The Balaban J connectivity index is 4.13. The minimum Gasteiger partial charge on any atom is -0.462 e. The number of ether oxygens (including phenoxy) is 2. The van der Waals surface area contributed by atoms with Gasteiger partial charge in [-0.3, -0.25) is 18.6 Å². The lowest BCUT2D eigenvalue weighted by Crippen LogP contribution is -2.29. The number of carbonyl (C=O) groups excluding carboxylic acids is 2. The molecule has 8 nitrogen and oxygen atoms in total. The van der Waals surface area contributed by atoms with Crippen molar-refractivity contribution in [3.63, 3.8) is 0 Å². The molecule has 53 heavy (non-hydrogen) atoms. The summed E-state index contributed by atoms with van der Waals surface area (Å²) in [5, 5.41) is 0. The van der Waals surface area contributed by atoms with Gasteiger partial charge in [0, 0.05) is 12.8 Å². The van der Waals surface area contributed by atoms with E-state index in [0.29, 0.717) is 6.42 Å². The molecule has 0 aliphatic carbocycles. The average Bonchev–Trinajstić information content (AvgIpc) is 3.13. The molecule has 2 atom stereocenters. The summed E-state index contributed by atoms with van der Waals surface area (Å²) in [6, 6.07) is 0. The summed E-state index contributed by atoms with van der Waals surface area (Å²) >= 11 is 0. The van der Waals surface area contributed by atoms with Gasteiger partial charge in [0.2, 0.25) is 0 Å². The van der Waals surface area contributed by atoms with Crippen LogP contribution in [0.4, 0.5) is 0 Å². The zero-order chi connectivity index (χ0) is 38.9. The van der Waals surface area contributed by atoms with E-state index in [1.54, 1.807) is 6.92 Å². The Kier molecular flexibility index (Phi) is 38.2. The van der Waals surface area contributed by atoms with Gasteiger partial charge in [-0.25, -0.2) is 4.57 Å². The van der Waals surface area contributed by atoms with Crippen molar-refractivity contribution in [2.45, 2.75) is 200 Å². The first-order valence-corrected chi connectivity index (χ1v) is 22.9. The number of esters is 2. The van der Waals surface area contributed by atoms with Gasteiger partial charge in [-0.15, -0.1) is 0 Å². The van der Waals surface area contributed by atoms with Gasteiger partial charge >= 0.3 is 19.8 Å². The molecule has 0 spiro atoms. The molecule has 1 N–H and O–H groups in total. The predicted molar refractivity (Wildman–Crippen MR) is 221 cm³/mol. The van der Waals surface area contributed by atoms with Gasteiger partial charge in [0.15, 0.2) is 6.10 Å². The molecule has 308 valence electrons. The highest BCUT2D eigenvalue weighted by molar-refractivity contribution is 7.47. The van der Waals surface area contributed by atoms with Gasteiger partial charge in [0.1, 0.15) is 6.61 Å². The molecule has 0 fully saturated rings. The van der Waals surface area contributed by atoms with Crippen LogP contribution in [0.25, 0.3) is 0 Å². The molecule has 0 rings (SSSR count). The smallest absolute Gasteiger partial charge is 0.462 e. The molecule has 9 heteroatoms. The fraction of sp³-hybridized carbons (Fsp3) is 0.773. The summed E-state index contributed by atoms with van der Waals surface area (Å²) in [4.78, 5) is 34.7. The molecule has 0 amide bonds. The first-order chi connectivity index (χ1) is 25.8. The molecule has 0 aromatic carbocycles. The van der Waals surface area contributed by atoms with E-state index in [1.165, 1.54) is 64.2 Å². The zero-order valence-electron chi connectivity index (χ0n) is 34.2. The van der Waals surface area contributed by atoms with Gasteiger partial charge in [0.25, 0.3) is 0 Å². The zero-order valence-corrected chi connectivity index (χ0v) is 35.1. The highest BCUT2D eigenvalue weighted by Crippen LogP contribution is 2.43. The SMILES string of the molecule is CCCCC/C=C\C/C=C\C/C=C\CCCCCCCCC(=O)OC(COC(=O)CCCCCCC/C=C\CCCCCCC)COP(=O)(O)OCC. The number of allylic oxidation sites excluding steroid dienone is 8. The molecule has 0 bridgehead atoms. The number of unbranched alkanes of at least 4 members (excludes halogenated alkanes) is 19. The molecule has 0 saturated heterocycles. The number of rotatable bonds is 39. The summed E-state index contributed by atoms with van der Waals surface area (Å²) in [7, 11) is -4.29. The van der Waals surface area contributed by atoms with Crippen molar-refractivity contribution in [3.8, 4) is 0 Å². The normalized spacial score (nSPS) is 13.8. The average molecular weight is 767 g/mol. The van der Waals surface area contributed by atoms with E-state index >= 15 is 0 Å². The highest BCUT2D eigenvalue weighted by atomic mass is 31.2. The summed E-state index contributed by atoms with van der Waals surface area (Å²) in [5.74, 6) is -0.823. The largest absolute Gasteiger partial charge is 0.472 e. The molecule has 0 aromatic rings. The summed E-state index contributed by atoms with van der Waals surface area (Å²) in [6.45, 7) is 5.41. The molecule has 0 saturated carbocycles. The van der Waals surface area contributed by atoms with Gasteiger partial charge in [-0.1, -0.05) is 146 Å². The number of phosphoric acid groups is 1. The molecular formula is C44H79O8P. The molecule has 2 unspecified atom stereocenters. The van der Waals surface area contributed by atoms with Crippen LogP contribution in [0.5, 0.6) is 0 Å². The predicted octanol–water partition coefficient (Wildman–Crippen LogP) is 13.4. The van der Waals surface area contributed by atoms with Crippen LogP contribution >= 0.6 is 7.82 Å². The molecule has 0 radical (unpaired) electrons. The lowest BCUT2D eigenvalue weighted by atomic mass is 10.1. The maximum atomic E-state index is 12.5. The third-order valence-electron chi connectivity index (χ3n) is 8.86. The van der Waals surface area contributed by atoms with Gasteiger partial charge in [-0.2, -0.15) is 0 Å². The van der Waals surface area contributed by atoms with Crippen LogP contribution in [-0.2, 0) is 32.7 Å². The van der Waals surface area contributed by atoms with Crippen LogP contribution in [0.2, 0.25) is 0 Å². The number of carbonyl (C=O) groups is 2. The Morgan fingerprint density at radius 1 is 0.509 bits per heavy atom. The Morgan fingerprint density at radius 3 is 1.42 bits per heavy atom. The quantitative estimate of drug-likeness (QED) is 0.0285. The minimum atomic E-state index is -4.29. The van der Waals surface area contributed by atoms with Crippen molar-refractivity contribution in [1.82, 2.24) is 0 Å². The van der Waals surface area contributed by atoms with E-state index in [4.69, 9.17) is 18.5 Å². The Morgan fingerprint density at radius 2 is 0.906 bits per heavy atom. The van der Waals surface area contributed by atoms with E-state index in [0.717, 1.165) is 89.9 Å². The summed E-state index contributed by atoms with van der Waals surface area (Å²) in [6.07, 6.45) is 45.8. The van der Waals surface area contributed by atoms with Gasteiger partial charge in [0.05, 0.1) is 13.2 Å². The minimum absolute atomic E-state index is 0.00498. The standard InChI is InChI=1S/C44H79O8P/c1-4-7-9-11-13-15-17-19-21-22-23-24-25-27-29-31-33-35-37-39-44(46)52-42(41-51-53(47,48)50-6-3)40-49-43(45)38-36-34-32-30-28-26-20-18-16-14-12-10-8-5-2/h13,15,18-21,23-24,42H,4-12,14,16-17,22,25-41H2,1-3H3,(H,47,48)/b15-13-,20-18-,21-19-,24-23-. The summed E-state index contributed by atoms with van der Waals surface area (Å²) in [5.41, 5.74) is 0. The highest BCUT2D eigenvalue weighted by Gasteiger charge is 2.25. The van der Waals surface area contributed by atoms with Crippen molar-refractivity contribution in [2.75, 3.05) is 19.8 Å².